The second-order valence-corrected chi connectivity index (χ2v) is 4.87. The molecule has 0 saturated carbocycles. The first-order chi connectivity index (χ1) is 9.78. The van der Waals surface area contributed by atoms with Crippen molar-refractivity contribution < 1.29 is 9.53 Å². The summed E-state index contributed by atoms with van der Waals surface area (Å²) in [7, 11) is 1.61. The van der Waals surface area contributed by atoms with Crippen molar-refractivity contribution >= 4 is 29.1 Å². The number of nitrogens with zero attached hydrogens (tertiary/aromatic N) is 1. The number of thiophene rings is 1. The molecule has 0 spiro atoms. The lowest BCUT2D eigenvalue weighted by molar-refractivity contribution is -0.119. The Kier molecular flexibility index (Phi) is 5.14. The highest BCUT2D eigenvalue weighted by Crippen LogP contribution is 2.14. The summed E-state index contributed by atoms with van der Waals surface area (Å²) in [6.07, 6.45) is 1.62. The number of ether oxygens (including phenoxy) is 1. The molecule has 0 saturated heterocycles. The third-order valence-corrected chi connectivity index (χ3v) is 3.27. The van der Waals surface area contributed by atoms with Gasteiger partial charge >= 0.3 is 0 Å². The minimum Gasteiger partial charge on any atom is -0.497 e. The number of anilines is 1. The zero-order valence-electron chi connectivity index (χ0n) is 11.0. The fourth-order valence-corrected chi connectivity index (χ4v) is 2.05. The standard InChI is InChI=1S/C14H15N3O2S/c1-19-12-6-4-11(5-7-12)15-10-14(18)17-16-9-13-3-2-8-20-13/h2-9,15H,10H2,1H3,(H,17,18). The van der Waals surface area contributed by atoms with Gasteiger partial charge in [-0.1, -0.05) is 6.07 Å². The number of hydrazone groups is 1. The van der Waals surface area contributed by atoms with Crippen LogP contribution in [0.25, 0.3) is 0 Å². The number of amides is 1. The van der Waals surface area contributed by atoms with Gasteiger partial charge in [0.2, 0.25) is 0 Å². The Bertz CT molecular complexity index is 565. The van der Waals surface area contributed by atoms with Crippen LogP contribution in [0.1, 0.15) is 4.88 Å². The molecule has 2 aromatic rings. The van der Waals surface area contributed by atoms with Gasteiger partial charge in [-0.25, -0.2) is 5.43 Å². The van der Waals surface area contributed by atoms with Crippen LogP contribution in [-0.2, 0) is 4.79 Å². The van der Waals surface area contributed by atoms with Gasteiger partial charge in [0.1, 0.15) is 5.75 Å². The fourth-order valence-electron chi connectivity index (χ4n) is 1.46. The van der Waals surface area contributed by atoms with E-state index in [4.69, 9.17) is 4.74 Å². The number of benzene rings is 1. The Morgan fingerprint density at radius 1 is 1.35 bits per heavy atom. The molecular formula is C14H15N3O2S. The average molecular weight is 289 g/mol. The summed E-state index contributed by atoms with van der Waals surface area (Å²) < 4.78 is 5.06. The zero-order valence-corrected chi connectivity index (χ0v) is 11.8. The molecule has 0 aliphatic carbocycles. The van der Waals surface area contributed by atoms with Gasteiger partial charge in [0.25, 0.3) is 5.91 Å². The molecule has 1 amide bonds. The molecule has 2 rings (SSSR count). The second kappa shape index (κ2) is 7.30. The first kappa shape index (κ1) is 14.1. The van der Waals surface area contributed by atoms with Crippen LogP contribution in [0.3, 0.4) is 0 Å². The zero-order chi connectivity index (χ0) is 14.2. The molecule has 2 N–H and O–H groups in total. The number of carbonyl (C=O) groups excluding carboxylic acids is 1. The maximum absolute atomic E-state index is 11.6. The van der Waals surface area contributed by atoms with Crippen LogP contribution in [-0.4, -0.2) is 25.8 Å². The number of rotatable bonds is 6. The van der Waals surface area contributed by atoms with Crippen LogP contribution >= 0.6 is 11.3 Å². The molecule has 1 aromatic heterocycles. The molecule has 1 heterocycles. The summed E-state index contributed by atoms with van der Waals surface area (Å²) in [5, 5.41) is 8.83. The Morgan fingerprint density at radius 3 is 2.80 bits per heavy atom. The van der Waals surface area contributed by atoms with Gasteiger partial charge in [0.05, 0.1) is 19.9 Å². The van der Waals surface area contributed by atoms with Gasteiger partial charge in [-0.2, -0.15) is 5.10 Å². The van der Waals surface area contributed by atoms with E-state index in [0.717, 1.165) is 16.3 Å². The SMILES string of the molecule is COc1ccc(NCC(=O)NN=Cc2cccs2)cc1. The summed E-state index contributed by atoms with van der Waals surface area (Å²) in [6, 6.07) is 11.2. The molecular weight excluding hydrogens is 274 g/mol. The molecule has 0 fully saturated rings. The Balaban J connectivity index is 1.74. The third kappa shape index (κ3) is 4.40. The van der Waals surface area contributed by atoms with E-state index < -0.39 is 0 Å². The fraction of sp³-hybridized carbons (Fsp3) is 0.143. The molecule has 104 valence electrons. The van der Waals surface area contributed by atoms with Gasteiger partial charge in [0.15, 0.2) is 0 Å². The van der Waals surface area contributed by atoms with E-state index in [1.54, 1.807) is 24.7 Å². The molecule has 1 aromatic carbocycles. The van der Waals surface area contributed by atoms with Crippen LogP contribution in [0, 0.1) is 0 Å². The highest BCUT2D eigenvalue weighted by Gasteiger charge is 1.99. The number of carbonyl (C=O) groups is 1. The van der Waals surface area contributed by atoms with E-state index in [2.05, 4.69) is 15.8 Å². The van der Waals surface area contributed by atoms with Crippen molar-refractivity contribution in [2.75, 3.05) is 19.0 Å². The lowest BCUT2D eigenvalue weighted by Crippen LogP contribution is -2.25. The Hall–Kier alpha value is -2.34. The lowest BCUT2D eigenvalue weighted by Gasteiger charge is -2.06. The topological polar surface area (TPSA) is 62.7 Å². The third-order valence-electron chi connectivity index (χ3n) is 2.47. The normalized spacial score (nSPS) is 10.4. The molecule has 5 nitrogen and oxygen atoms in total. The smallest absolute Gasteiger partial charge is 0.259 e. The van der Waals surface area contributed by atoms with Crippen molar-refractivity contribution in [1.29, 1.82) is 0 Å². The van der Waals surface area contributed by atoms with Crippen LogP contribution in [0.5, 0.6) is 5.75 Å². The molecule has 6 heteroatoms. The van der Waals surface area contributed by atoms with E-state index in [-0.39, 0.29) is 12.5 Å². The van der Waals surface area contributed by atoms with Crippen LogP contribution in [0.4, 0.5) is 5.69 Å². The van der Waals surface area contributed by atoms with Crippen LogP contribution < -0.4 is 15.5 Å². The van der Waals surface area contributed by atoms with Gasteiger partial charge in [-0.15, -0.1) is 11.3 Å². The highest BCUT2D eigenvalue weighted by atomic mass is 32.1. The first-order valence-corrected chi connectivity index (χ1v) is 6.89. The van der Waals surface area contributed by atoms with E-state index in [1.807, 2.05) is 41.8 Å². The Morgan fingerprint density at radius 2 is 2.15 bits per heavy atom. The first-order valence-electron chi connectivity index (χ1n) is 6.01. The maximum atomic E-state index is 11.6. The van der Waals surface area contributed by atoms with Crippen LogP contribution in [0.15, 0.2) is 46.9 Å². The van der Waals surface area contributed by atoms with Crippen molar-refractivity contribution in [2.45, 2.75) is 0 Å². The van der Waals surface area contributed by atoms with Crippen molar-refractivity contribution in [2.24, 2.45) is 5.10 Å². The molecule has 20 heavy (non-hydrogen) atoms. The summed E-state index contributed by atoms with van der Waals surface area (Å²) >= 11 is 1.56. The van der Waals surface area contributed by atoms with Gasteiger partial charge in [0, 0.05) is 10.6 Å². The maximum Gasteiger partial charge on any atom is 0.259 e. The average Bonchev–Trinajstić information content (AvgIpc) is 2.99. The highest BCUT2D eigenvalue weighted by molar-refractivity contribution is 7.11. The van der Waals surface area contributed by atoms with Gasteiger partial charge in [-0.05, 0) is 35.7 Å². The number of methoxy groups -OCH3 is 1. The predicted octanol–water partition coefficient (Wildman–Crippen LogP) is 2.32. The summed E-state index contributed by atoms with van der Waals surface area (Å²) in [5.41, 5.74) is 3.31. The minimum absolute atomic E-state index is 0.161. The van der Waals surface area contributed by atoms with E-state index in [0.29, 0.717) is 0 Å². The van der Waals surface area contributed by atoms with Crippen molar-refractivity contribution in [3.63, 3.8) is 0 Å². The van der Waals surface area contributed by atoms with E-state index in [9.17, 15) is 4.79 Å². The number of hydrogen-bond acceptors (Lipinski definition) is 5. The number of nitrogens with one attached hydrogen (secondary N) is 2. The van der Waals surface area contributed by atoms with Crippen molar-refractivity contribution in [3.05, 3.63) is 46.7 Å². The molecule has 0 unspecified atom stereocenters. The largest absolute Gasteiger partial charge is 0.497 e. The molecule has 0 aliphatic rings. The summed E-state index contributed by atoms with van der Waals surface area (Å²) in [4.78, 5) is 12.6. The summed E-state index contributed by atoms with van der Waals surface area (Å²) in [5.74, 6) is 0.578. The van der Waals surface area contributed by atoms with Crippen molar-refractivity contribution in [1.82, 2.24) is 5.43 Å². The quantitative estimate of drug-likeness (QED) is 0.633. The monoisotopic (exact) mass is 289 g/mol. The van der Waals surface area contributed by atoms with Crippen molar-refractivity contribution in [3.8, 4) is 5.75 Å². The van der Waals surface area contributed by atoms with Crippen LogP contribution in [0.2, 0.25) is 0 Å². The predicted molar refractivity (Wildman–Crippen MR) is 81.5 cm³/mol. The summed E-state index contributed by atoms with van der Waals surface area (Å²) in [6.45, 7) is 0.161. The minimum atomic E-state index is -0.200. The number of hydrogen-bond donors (Lipinski definition) is 2. The molecule has 0 bridgehead atoms. The second-order valence-electron chi connectivity index (χ2n) is 3.89. The molecule has 0 radical (unpaired) electrons. The van der Waals surface area contributed by atoms with Gasteiger partial charge in [-0.3, -0.25) is 4.79 Å². The lowest BCUT2D eigenvalue weighted by atomic mass is 10.3. The molecule has 0 atom stereocenters. The van der Waals surface area contributed by atoms with Gasteiger partial charge < -0.3 is 10.1 Å². The van der Waals surface area contributed by atoms with E-state index in [1.165, 1.54) is 0 Å². The van der Waals surface area contributed by atoms with E-state index >= 15 is 0 Å². The Labute approximate surface area is 121 Å². The molecule has 0 aliphatic heterocycles.